The number of anilines is 1. The number of aliphatic imine (C=N–C) groups is 1. The number of hydrogen-bond acceptors (Lipinski definition) is 3. The molecule has 118 valence electrons. The molecule has 0 unspecified atom stereocenters. The molecule has 0 aromatic heterocycles. The molecule has 23 heavy (non-hydrogen) atoms. The molecule has 0 bridgehead atoms. The van der Waals surface area contributed by atoms with Gasteiger partial charge >= 0.3 is 0 Å². The maximum atomic E-state index is 4.65. The van der Waals surface area contributed by atoms with Crippen molar-refractivity contribution in [3.63, 3.8) is 0 Å². The standard InChI is InChI=1S/C20H23N3/c1-20(2,3)17-10-7-11-18(14-17)23-13-12-19(22-23)21-15-16-8-5-4-6-9-16/h4-11,14-15H,12-13H2,1-3H3/b21-15+. The molecule has 0 atom stereocenters. The Morgan fingerprint density at radius 3 is 2.57 bits per heavy atom. The second-order valence-corrected chi connectivity index (χ2v) is 6.86. The van der Waals surface area contributed by atoms with Gasteiger partial charge in [-0.15, -0.1) is 0 Å². The van der Waals surface area contributed by atoms with Crippen LogP contribution in [0, 0.1) is 0 Å². The summed E-state index contributed by atoms with van der Waals surface area (Å²) in [6.45, 7) is 7.58. The summed E-state index contributed by atoms with van der Waals surface area (Å²) in [4.78, 5) is 4.52. The van der Waals surface area contributed by atoms with E-state index < -0.39 is 0 Å². The molecule has 3 heteroatoms. The molecule has 0 amide bonds. The first-order chi connectivity index (χ1) is 11.0. The first kappa shape index (κ1) is 15.5. The number of hydrogen-bond donors (Lipinski definition) is 0. The summed E-state index contributed by atoms with van der Waals surface area (Å²) in [5.74, 6) is 0.884. The van der Waals surface area contributed by atoms with Crippen molar-refractivity contribution in [2.24, 2.45) is 10.1 Å². The van der Waals surface area contributed by atoms with E-state index in [4.69, 9.17) is 0 Å². The smallest absolute Gasteiger partial charge is 0.150 e. The number of amidine groups is 1. The van der Waals surface area contributed by atoms with Gasteiger partial charge in [0.1, 0.15) is 0 Å². The van der Waals surface area contributed by atoms with E-state index in [0.717, 1.165) is 30.1 Å². The average molecular weight is 305 g/mol. The van der Waals surface area contributed by atoms with Gasteiger partial charge in [0, 0.05) is 19.2 Å². The third kappa shape index (κ3) is 3.86. The quantitative estimate of drug-likeness (QED) is 0.744. The second kappa shape index (κ2) is 6.37. The zero-order valence-corrected chi connectivity index (χ0v) is 14.0. The fraction of sp³-hybridized carbons (Fsp3) is 0.300. The Bertz CT molecular complexity index is 724. The Morgan fingerprint density at radius 1 is 1.04 bits per heavy atom. The van der Waals surface area contributed by atoms with Crippen molar-refractivity contribution in [2.75, 3.05) is 11.6 Å². The van der Waals surface area contributed by atoms with Crippen molar-refractivity contribution in [2.45, 2.75) is 32.6 Å². The van der Waals surface area contributed by atoms with Crippen LogP contribution in [0.15, 0.2) is 64.7 Å². The maximum Gasteiger partial charge on any atom is 0.150 e. The van der Waals surface area contributed by atoms with Crippen LogP contribution in [-0.4, -0.2) is 18.6 Å². The van der Waals surface area contributed by atoms with E-state index in [2.05, 4.69) is 55.1 Å². The molecule has 1 aliphatic heterocycles. The Hall–Kier alpha value is -2.42. The SMILES string of the molecule is CC(C)(C)c1cccc(N2CCC(/N=C/c3ccccc3)=N2)c1. The van der Waals surface area contributed by atoms with Gasteiger partial charge in [-0.05, 0) is 28.7 Å². The van der Waals surface area contributed by atoms with Gasteiger partial charge < -0.3 is 0 Å². The van der Waals surface area contributed by atoms with Crippen molar-refractivity contribution >= 4 is 17.7 Å². The van der Waals surface area contributed by atoms with Crippen LogP contribution in [0.3, 0.4) is 0 Å². The molecule has 0 aliphatic carbocycles. The predicted molar refractivity (Wildman–Crippen MR) is 98.6 cm³/mol. The third-order valence-electron chi connectivity index (χ3n) is 3.96. The van der Waals surface area contributed by atoms with Crippen LogP contribution < -0.4 is 5.01 Å². The van der Waals surface area contributed by atoms with E-state index in [1.807, 2.05) is 41.6 Å². The molecule has 0 saturated carbocycles. The minimum absolute atomic E-state index is 0.147. The molecule has 0 spiro atoms. The van der Waals surface area contributed by atoms with E-state index in [-0.39, 0.29) is 5.41 Å². The van der Waals surface area contributed by atoms with Gasteiger partial charge in [-0.3, -0.25) is 5.01 Å². The lowest BCUT2D eigenvalue weighted by Crippen LogP contribution is -2.15. The maximum absolute atomic E-state index is 4.65. The summed E-state index contributed by atoms with van der Waals surface area (Å²) in [7, 11) is 0. The summed E-state index contributed by atoms with van der Waals surface area (Å²) >= 11 is 0. The minimum Gasteiger partial charge on any atom is -0.263 e. The van der Waals surface area contributed by atoms with Crippen LogP contribution in [-0.2, 0) is 5.41 Å². The average Bonchev–Trinajstić information content (AvgIpc) is 3.02. The zero-order chi connectivity index (χ0) is 16.3. The molecular weight excluding hydrogens is 282 g/mol. The lowest BCUT2D eigenvalue weighted by atomic mass is 9.87. The van der Waals surface area contributed by atoms with Crippen molar-refractivity contribution in [3.05, 3.63) is 65.7 Å². The van der Waals surface area contributed by atoms with Crippen molar-refractivity contribution in [1.82, 2.24) is 0 Å². The van der Waals surface area contributed by atoms with Crippen LogP contribution in [0.1, 0.15) is 38.3 Å². The van der Waals surface area contributed by atoms with Gasteiger partial charge in [0.2, 0.25) is 0 Å². The minimum atomic E-state index is 0.147. The molecule has 2 aromatic rings. The largest absolute Gasteiger partial charge is 0.263 e. The summed E-state index contributed by atoms with van der Waals surface area (Å²) in [5.41, 5.74) is 3.71. The van der Waals surface area contributed by atoms with Gasteiger partial charge in [-0.1, -0.05) is 63.2 Å². The van der Waals surface area contributed by atoms with E-state index in [1.165, 1.54) is 5.56 Å². The number of benzene rings is 2. The highest BCUT2D eigenvalue weighted by Gasteiger charge is 2.18. The fourth-order valence-electron chi connectivity index (χ4n) is 2.54. The van der Waals surface area contributed by atoms with Crippen LogP contribution in [0.5, 0.6) is 0 Å². The Kier molecular flexibility index (Phi) is 4.28. The van der Waals surface area contributed by atoms with Gasteiger partial charge in [0.15, 0.2) is 5.84 Å². The monoisotopic (exact) mass is 305 g/mol. The van der Waals surface area contributed by atoms with Crippen molar-refractivity contribution in [3.8, 4) is 0 Å². The topological polar surface area (TPSA) is 28.0 Å². The predicted octanol–water partition coefficient (Wildman–Crippen LogP) is 4.63. The van der Waals surface area contributed by atoms with E-state index >= 15 is 0 Å². The zero-order valence-electron chi connectivity index (χ0n) is 14.0. The van der Waals surface area contributed by atoms with Crippen LogP contribution in [0.25, 0.3) is 0 Å². The van der Waals surface area contributed by atoms with E-state index in [0.29, 0.717) is 0 Å². The molecule has 0 radical (unpaired) electrons. The number of rotatable bonds is 2. The normalized spacial score (nSPS) is 15.3. The first-order valence-electron chi connectivity index (χ1n) is 8.07. The Morgan fingerprint density at radius 2 is 1.83 bits per heavy atom. The highest BCUT2D eigenvalue weighted by Crippen LogP contribution is 2.27. The highest BCUT2D eigenvalue weighted by molar-refractivity contribution is 5.96. The highest BCUT2D eigenvalue weighted by atomic mass is 15.5. The number of nitrogens with zero attached hydrogens (tertiary/aromatic N) is 3. The molecule has 0 N–H and O–H groups in total. The lowest BCUT2D eigenvalue weighted by Gasteiger charge is -2.21. The number of hydrazone groups is 1. The summed E-state index contributed by atoms with van der Waals surface area (Å²) in [6, 6.07) is 18.8. The van der Waals surface area contributed by atoms with E-state index in [1.54, 1.807) is 0 Å². The summed E-state index contributed by atoms with van der Waals surface area (Å²) in [6.07, 6.45) is 2.76. The van der Waals surface area contributed by atoms with Gasteiger partial charge in [-0.2, -0.15) is 5.10 Å². The van der Waals surface area contributed by atoms with Gasteiger partial charge in [0.25, 0.3) is 0 Å². The molecule has 1 heterocycles. The molecule has 2 aromatic carbocycles. The summed E-state index contributed by atoms with van der Waals surface area (Å²) in [5, 5.41) is 6.70. The molecule has 0 fully saturated rings. The molecule has 3 rings (SSSR count). The van der Waals surface area contributed by atoms with Crippen LogP contribution >= 0.6 is 0 Å². The van der Waals surface area contributed by atoms with Gasteiger partial charge in [-0.25, -0.2) is 4.99 Å². The van der Waals surface area contributed by atoms with Crippen molar-refractivity contribution < 1.29 is 0 Å². The summed E-state index contributed by atoms with van der Waals surface area (Å²) < 4.78 is 0. The van der Waals surface area contributed by atoms with Crippen LogP contribution in [0.4, 0.5) is 5.69 Å². The first-order valence-corrected chi connectivity index (χ1v) is 8.07. The fourth-order valence-corrected chi connectivity index (χ4v) is 2.54. The molecular formula is C20H23N3. The van der Waals surface area contributed by atoms with Gasteiger partial charge in [0.05, 0.1) is 5.69 Å². The third-order valence-corrected chi connectivity index (χ3v) is 3.96. The Balaban J connectivity index is 1.76. The molecule has 3 nitrogen and oxygen atoms in total. The molecule has 0 saturated heterocycles. The second-order valence-electron chi connectivity index (χ2n) is 6.86. The van der Waals surface area contributed by atoms with Crippen molar-refractivity contribution in [1.29, 1.82) is 0 Å². The molecule has 1 aliphatic rings. The van der Waals surface area contributed by atoms with Crippen LogP contribution in [0.2, 0.25) is 0 Å². The Labute approximate surface area is 138 Å². The van der Waals surface area contributed by atoms with E-state index in [9.17, 15) is 0 Å². The lowest BCUT2D eigenvalue weighted by molar-refractivity contribution is 0.590.